The Hall–Kier alpha value is -0.910. The van der Waals surface area contributed by atoms with Gasteiger partial charge < -0.3 is 5.32 Å². The first-order valence-electron chi connectivity index (χ1n) is 4.96. The monoisotopic (exact) mass is 231 g/mol. The molecule has 0 aromatic rings. The predicted molar refractivity (Wildman–Crippen MR) is 60.7 cm³/mol. The summed E-state index contributed by atoms with van der Waals surface area (Å²) in [7, 11) is 0. The van der Waals surface area contributed by atoms with Gasteiger partial charge in [-0.3, -0.25) is 4.90 Å². The average Bonchev–Trinajstić information content (AvgIpc) is 2.00. The van der Waals surface area contributed by atoms with Gasteiger partial charge >= 0.3 is 12.1 Å². The molecule has 0 radical (unpaired) electrons. The standard InChI is InChI=1S/C9H17N3O2S/c1-5-11-8(14)12(6(2)3)7(13)10-9(11,4)15/h6,15H,5H2,1-4H3,(H,10,13). The Morgan fingerprint density at radius 3 is 2.40 bits per heavy atom. The van der Waals surface area contributed by atoms with Crippen molar-refractivity contribution >= 4 is 24.7 Å². The maximum atomic E-state index is 12.0. The Kier molecular flexibility index (Phi) is 3.18. The maximum Gasteiger partial charge on any atom is 0.330 e. The fourth-order valence-corrected chi connectivity index (χ4v) is 1.95. The van der Waals surface area contributed by atoms with Crippen molar-refractivity contribution in [3.8, 4) is 0 Å². The van der Waals surface area contributed by atoms with Crippen molar-refractivity contribution in [2.45, 2.75) is 38.7 Å². The van der Waals surface area contributed by atoms with E-state index < -0.39 is 11.0 Å². The van der Waals surface area contributed by atoms with Crippen molar-refractivity contribution in [2.24, 2.45) is 0 Å². The van der Waals surface area contributed by atoms with Crippen molar-refractivity contribution in [1.82, 2.24) is 15.1 Å². The van der Waals surface area contributed by atoms with E-state index >= 15 is 0 Å². The van der Waals surface area contributed by atoms with Crippen molar-refractivity contribution in [3.05, 3.63) is 0 Å². The normalized spacial score (nSPS) is 27.3. The number of amides is 4. The van der Waals surface area contributed by atoms with E-state index in [1.807, 2.05) is 6.92 Å². The fourth-order valence-electron chi connectivity index (χ4n) is 1.63. The second-order valence-corrected chi connectivity index (χ2v) is 4.81. The molecule has 6 heteroatoms. The number of urea groups is 2. The largest absolute Gasteiger partial charge is 0.330 e. The van der Waals surface area contributed by atoms with Gasteiger partial charge in [-0.1, -0.05) is 0 Å². The molecular formula is C9H17N3O2S. The molecule has 4 amide bonds. The highest BCUT2D eigenvalue weighted by atomic mass is 32.1. The number of hydrogen-bond donors (Lipinski definition) is 2. The maximum absolute atomic E-state index is 12.0. The molecule has 0 bridgehead atoms. The lowest BCUT2D eigenvalue weighted by Crippen LogP contribution is -2.70. The Morgan fingerprint density at radius 1 is 1.47 bits per heavy atom. The van der Waals surface area contributed by atoms with Crippen LogP contribution in [-0.4, -0.2) is 39.4 Å². The third kappa shape index (κ3) is 2.04. The predicted octanol–water partition coefficient (Wildman–Crippen LogP) is 1.47. The summed E-state index contributed by atoms with van der Waals surface area (Å²) in [5.41, 5.74) is 0. The number of nitrogens with zero attached hydrogens (tertiary/aromatic N) is 2. The van der Waals surface area contributed by atoms with E-state index in [9.17, 15) is 9.59 Å². The van der Waals surface area contributed by atoms with Crippen molar-refractivity contribution in [3.63, 3.8) is 0 Å². The van der Waals surface area contributed by atoms with Crippen molar-refractivity contribution < 1.29 is 9.59 Å². The molecule has 1 N–H and O–H groups in total. The Morgan fingerprint density at radius 2 is 2.00 bits per heavy atom. The van der Waals surface area contributed by atoms with Crippen LogP contribution in [0.1, 0.15) is 27.7 Å². The van der Waals surface area contributed by atoms with Crippen LogP contribution >= 0.6 is 12.6 Å². The summed E-state index contributed by atoms with van der Waals surface area (Å²) in [6.07, 6.45) is 0. The van der Waals surface area contributed by atoms with Crippen LogP contribution in [0.4, 0.5) is 9.59 Å². The van der Waals surface area contributed by atoms with E-state index in [-0.39, 0.29) is 12.1 Å². The third-order valence-electron chi connectivity index (χ3n) is 2.36. The zero-order chi connectivity index (χ0) is 11.8. The van der Waals surface area contributed by atoms with Crippen molar-refractivity contribution in [1.29, 1.82) is 0 Å². The molecule has 1 unspecified atom stereocenters. The lowest BCUT2D eigenvalue weighted by molar-refractivity contribution is 0.0909. The molecule has 0 aromatic heterocycles. The number of hydrogen-bond acceptors (Lipinski definition) is 3. The van der Waals surface area contributed by atoms with E-state index in [0.717, 1.165) is 0 Å². The molecule has 1 heterocycles. The molecule has 1 aliphatic heterocycles. The summed E-state index contributed by atoms with van der Waals surface area (Å²) in [5, 5.41) is 2.67. The fraction of sp³-hybridized carbons (Fsp3) is 0.778. The van der Waals surface area contributed by atoms with E-state index in [0.29, 0.717) is 6.54 Å². The second-order valence-electron chi connectivity index (χ2n) is 3.94. The zero-order valence-corrected chi connectivity index (χ0v) is 10.3. The van der Waals surface area contributed by atoms with Gasteiger partial charge in [0.05, 0.1) is 0 Å². The number of carbonyl (C=O) groups is 2. The Bertz CT molecular complexity index is 291. The van der Waals surface area contributed by atoms with Gasteiger partial charge in [-0.25, -0.2) is 14.5 Å². The highest BCUT2D eigenvalue weighted by molar-refractivity contribution is 7.81. The Labute approximate surface area is 95.2 Å². The first-order chi connectivity index (χ1) is 6.81. The SMILES string of the molecule is CCN1C(=O)N(C(C)C)C(=O)NC1(C)S. The molecule has 1 fully saturated rings. The molecule has 1 atom stereocenters. The third-order valence-corrected chi connectivity index (χ3v) is 2.71. The van der Waals surface area contributed by atoms with Crippen LogP contribution in [0.15, 0.2) is 0 Å². The molecule has 1 aliphatic rings. The van der Waals surface area contributed by atoms with E-state index in [2.05, 4.69) is 17.9 Å². The zero-order valence-electron chi connectivity index (χ0n) is 9.44. The highest BCUT2D eigenvalue weighted by Crippen LogP contribution is 2.24. The highest BCUT2D eigenvalue weighted by Gasteiger charge is 2.43. The first-order valence-corrected chi connectivity index (χ1v) is 5.41. The molecule has 1 saturated heterocycles. The number of thiol groups is 1. The minimum absolute atomic E-state index is 0.156. The molecule has 0 spiro atoms. The molecule has 0 aliphatic carbocycles. The summed E-state index contributed by atoms with van der Waals surface area (Å²) >= 11 is 4.27. The Balaban J connectivity index is 3.01. The number of nitrogens with one attached hydrogen (secondary N) is 1. The van der Waals surface area contributed by atoms with Crippen LogP contribution in [0, 0.1) is 0 Å². The first kappa shape index (κ1) is 12.2. The molecule has 86 valence electrons. The number of carbonyl (C=O) groups excluding carboxylic acids is 2. The summed E-state index contributed by atoms with van der Waals surface area (Å²) in [4.78, 5) is 25.4. The molecule has 1 rings (SSSR count). The van der Waals surface area contributed by atoms with Gasteiger partial charge in [0.15, 0.2) is 4.99 Å². The van der Waals surface area contributed by atoms with E-state index in [4.69, 9.17) is 0 Å². The van der Waals surface area contributed by atoms with Gasteiger partial charge in [-0.15, -0.1) is 12.6 Å². The smallest absolute Gasteiger partial charge is 0.306 e. The summed E-state index contributed by atoms with van der Waals surface area (Å²) in [6.45, 7) is 7.64. The average molecular weight is 231 g/mol. The van der Waals surface area contributed by atoms with Crippen molar-refractivity contribution in [2.75, 3.05) is 6.54 Å². The second kappa shape index (κ2) is 3.92. The van der Waals surface area contributed by atoms with Gasteiger partial charge in [0.1, 0.15) is 0 Å². The lowest BCUT2D eigenvalue weighted by atomic mass is 10.3. The van der Waals surface area contributed by atoms with Crippen LogP contribution < -0.4 is 5.32 Å². The number of rotatable bonds is 2. The number of imide groups is 1. The van der Waals surface area contributed by atoms with Crippen LogP contribution in [-0.2, 0) is 0 Å². The van der Waals surface area contributed by atoms with Crippen LogP contribution in [0.25, 0.3) is 0 Å². The van der Waals surface area contributed by atoms with E-state index in [1.54, 1.807) is 20.8 Å². The summed E-state index contributed by atoms with van der Waals surface area (Å²) in [6, 6.07) is -0.845. The lowest BCUT2D eigenvalue weighted by Gasteiger charge is -2.46. The van der Waals surface area contributed by atoms with Crippen LogP contribution in [0.5, 0.6) is 0 Å². The topological polar surface area (TPSA) is 52.7 Å². The van der Waals surface area contributed by atoms with Crippen LogP contribution in [0.3, 0.4) is 0 Å². The molecule has 5 nitrogen and oxygen atoms in total. The molecular weight excluding hydrogens is 214 g/mol. The molecule has 15 heavy (non-hydrogen) atoms. The molecule has 0 saturated carbocycles. The van der Waals surface area contributed by atoms with Gasteiger partial charge in [0.2, 0.25) is 0 Å². The van der Waals surface area contributed by atoms with Gasteiger partial charge in [0, 0.05) is 12.6 Å². The summed E-state index contributed by atoms with van der Waals surface area (Å²) < 4.78 is 0. The summed E-state index contributed by atoms with van der Waals surface area (Å²) in [5.74, 6) is 0. The minimum Gasteiger partial charge on any atom is -0.306 e. The van der Waals surface area contributed by atoms with Gasteiger partial charge in [0.25, 0.3) is 0 Å². The van der Waals surface area contributed by atoms with Crippen LogP contribution in [0.2, 0.25) is 0 Å². The minimum atomic E-state index is -0.908. The van der Waals surface area contributed by atoms with Gasteiger partial charge in [-0.2, -0.15) is 0 Å². The quantitative estimate of drug-likeness (QED) is 0.707. The van der Waals surface area contributed by atoms with E-state index in [1.165, 1.54) is 9.80 Å². The van der Waals surface area contributed by atoms with Gasteiger partial charge in [-0.05, 0) is 27.7 Å². The molecule has 0 aromatic carbocycles.